The third kappa shape index (κ3) is 7.66. The fraction of sp³-hybridized carbons (Fsp3) is 0.818. The number of hydrogen-bond acceptors (Lipinski definition) is 6. The molecule has 4 N–H and O–H groups in total. The van der Waals surface area contributed by atoms with Gasteiger partial charge in [-0.3, -0.25) is 9.59 Å². The highest BCUT2D eigenvalue weighted by Crippen LogP contribution is 2.19. The lowest BCUT2D eigenvalue weighted by molar-refractivity contribution is -0.137. The first-order valence-electron chi connectivity index (χ1n) is 5.95. The predicted molar refractivity (Wildman–Crippen MR) is 79.0 cm³/mol. The van der Waals surface area contributed by atoms with Gasteiger partial charge in [0.2, 0.25) is 11.8 Å². The number of aliphatic hydroxyl groups is 2. The molecule has 0 heterocycles. The molecule has 0 radical (unpaired) electrons. The number of nitrogens with one attached hydrogen (secondary N) is 2. The summed E-state index contributed by atoms with van der Waals surface area (Å²) in [6.45, 7) is 3.54. The highest BCUT2D eigenvalue weighted by atomic mass is 33.1. The van der Waals surface area contributed by atoms with Gasteiger partial charge in [0.25, 0.3) is 0 Å². The van der Waals surface area contributed by atoms with Gasteiger partial charge in [-0.1, -0.05) is 24.6 Å². The maximum atomic E-state index is 11.6. The summed E-state index contributed by atoms with van der Waals surface area (Å²) < 4.78 is 0. The zero-order chi connectivity index (χ0) is 14.9. The van der Waals surface area contributed by atoms with Crippen LogP contribution < -0.4 is 10.6 Å². The van der Waals surface area contributed by atoms with Crippen LogP contribution in [0.25, 0.3) is 0 Å². The van der Waals surface area contributed by atoms with Crippen molar-refractivity contribution < 1.29 is 19.8 Å². The van der Waals surface area contributed by atoms with Crippen LogP contribution in [0.1, 0.15) is 20.3 Å². The Morgan fingerprint density at radius 2 is 1.95 bits per heavy atom. The van der Waals surface area contributed by atoms with Crippen molar-refractivity contribution in [3.8, 4) is 0 Å². The van der Waals surface area contributed by atoms with Gasteiger partial charge in [0.1, 0.15) is 6.10 Å². The molecule has 0 bridgehead atoms. The largest absolute Gasteiger partial charge is 0.396 e. The second-order valence-electron chi connectivity index (χ2n) is 4.77. The van der Waals surface area contributed by atoms with Crippen LogP contribution in [-0.4, -0.2) is 53.6 Å². The Morgan fingerprint density at radius 1 is 1.32 bits per heavy atom. The fourth-order valence-corrected chi connectivity index (χ4v) is 1.63. The van der Waals surface area contributed by atoms with Gasteiger partial charge in [0.15, 0.2) is 0 Å². The number of rotatable bonds is 9. The lowest BCUT2D eigenvalue weighted by atomic mass is 9.87. The molecule has 0 saturated carbocycles. The Morgan fingerprint density at radius 3 is 2.47 bits per heavy atom. The Kier molecular flexibility index (Phi) is 9.24. The Balaban J connectivity index is 3.88. The highest BCUT2D eigenvalue weighted by Gasteiger charge is 2.32. The van der Waals surface area contributed by atoms with Crippen LogP contribution in [0, 0.1) is 5.41 Å². The summed E-state index contributed by atoms with van der Waals surface area (Å²) in [4.78, 5) is 22.9. The van der Waals surface area contributed by atoms with Gasteiger partial charge in [0, 0.05) is 30.7 Å². The first kappa shape index (κ1) is 18.6. The second-order valence-corrected chi connectivity index (χ2v) is 6.21. The van der Waals surface area contributed by atoms with E-state index >= 15 is 0 Å². The van der Waals surface area contributed by atoms with Crippen molar-refractivity contribution in [3.05, 3.63) is 0 Å². The van der Waals surface area contributed by atoms with Gasteiger partial charge in [-0.2, -0.15) is 0 Å². The molecule has 0 saturated heterocycles. The summed E-state index contributed by atoms with van der Waals surface area (Å²) in [6.07, 6.45) is -1.16. The Bertz CT molecular complexity index is 300. The quantitative estimate of drug-likeness (QED) is 0.226. The van der Waals surface area contributed by atoms with Gasteiger partial charge in [-0.05, 0) is 0 Å². The summed E-state index contributed by atoms with van der Waals surface area (Å²) in [5, 5.41) is 23.9. The van der Waals surface area contributed by atoms with Crippen LogP contribution in [0.15, 0.2) is 0 Å². The molecule has 0 aliphatic heterocycles. The summed E-state index contributed by atoms with van der Waals surface area (Å²) in [7, 11) is 1.33. The molecular weight excluding hydrogens is 288 g/mol. The van der Waals surface area contributed by atoms with E-state index in [1.54, 1.807) is 13.8 Å². The van der Waals surface area contributed by atoms with E-state index in [9.17, 15) is 14.7 Å². The molecule has 1 atom stereocenters. The Hall–Kier alpha value is -0.440. The van der Waals surface area contributed by atoms with E-state index in [-0.39, 0.29) is 25.5 Å². The maximum Gasteiger partial charge on any atom is 0.249 e. The van der Waals surface area contributed by atoms with Crippen molar-refractivity contribution in [1.82, 2.24) is 10.6 Å². The summed E-state index contributed by atoms with van der Waals surface area (Å²) in [6, 6.07) is 0. The van der Waals surface area contributed by atoms with E-state index < -0.39 is 17.4 Å². The molecule has 2 amide bonds. The van der Waals surface area contributed by atoms with Crippen molar-refractivity contribution in [2.75, 3.05) is 25.4 Å². The number of thiol groups is 1. The highest BCUT2D eigenvalue weighted by molar-refractivity contribution is 8.68. The van der Waals surface area contributed by atoms with Gasteiger partial charge in [-0.15, -0.1) is 11.7 Å². The summed E-state index contributed by atoms with van der Waals surface area (Å²) in [5.74, 6) is -0.0405. The molecule has 0 aromatic heterocycles. The monoisotopic (exact) mass is 310 g/mol. The second kappa shape index (κ2) is 9.46. The molecule has 0 aromatic rings. The minimum Gasteiger partial charge on any atom is -0.396 e. The molecule has 6 nitrogen and oxygen atoms in total. The Labute approximate surface area is 122 Å². The van der Waals surface area contributed by atoms with Crippen molar-refractivity contribution in [2.45, 2.75) is 26.4 Å². The minimum atomic E-state index is -1.30. The minimum absolute atomic E-state index is 0.148. The molecule has 0 spiro atoms. The predicted octanol–water partition coefficient (Wildman–Crippen LogP) is -0.434. The van der Waals surface area contributed by atoms with E-state index in [0.29, 0.717) is 12.3 Å². The molecule has 0 rings (SSSR count). The molecule has 0 aliphatic rings. The summed E-state index contributed by atoms with van der Waals surface area (Å²) in [5.41, 5.74) is -0.907. The summed E-state index contributed by atoms with van der Waals surface area (Å²) >= 11 is 3.94. The average Bonchev–Trinajstić information content (AvgIpc) is 2.38. The normalized spacial score (nSPS) is 12.9. The van der Waals surface area contributed by atoms with Crippen LogP contribution in [0.5, 0.6) is 0 Å². The van der Waals surface area contributed by atoms with Crippen LogP contribution in [0.3, 0.4) is 0 Å². The van der Waals surface area contributed by atoms with Crippen molar-refractivity contribution in [3.63, 3.8) is 0 Å². The zero-order valence-electron chi connectivity index (χ0n) is 11.2. The molecule has 8 heteroatoms. The topological polar surface area (TPSA) is 98.7 Å². The molecule has 19 heavy (non-hydrogen) atoms. The number of carbonyl (C=O) groups is 2. The number of hydrogen-bond donors (Lipinski definition) is 5. The maximum absolute atomic E-state index is 11.6. The SMILES string of the molecule is CC(C)(CO)[C@@H](O)C(=O)NCCC(=O)NCCSS. The number of carbonyl (C=O) groups excluding carboxylic acids is 2. The lowest BCUT2D eigenvalue weighted by Crippen LogP contribution is -2.46. The third-order valence-electron chi connectivity index (χ3n) is 2.56. The average molecular weight is 310 g/mol. The van der Waals surface area contributed by atoms with Gasteiger partial charge in [0.05, 0.1) is 6.61 Å². The molecule has 0 fully saturated rings. The van der Waals surface area contributed by atoms with E-state index in [1.165, 1.54) is 10.8 Å². The van der Waals surface area contributed by atoms with Crippen LogP contribution in [-0.2, 0) is 9.59 Å². The van der Waals surface area contributed by atoms with Crippen molar-refractivity contribution >= 4 is 34.3 Å². The molecular formula is C11H22N2O4S2. The number of amides is 2. The van der Waals surface area contributed by atoms with Gasteiger partial charge in [-0.25, -0.2) is 0 Å². The first-order chi connectivity index (χ1) is 8.85. The zero-order valence-corrected chi connectivity index (χ0v) is 12.9. The van der Waals surface area contributed by atoms with Gasteiger partial charge >= 0.3 is 0 Å². The van der Waals surface area contributed by atoms with E-state index in [1.807, 2.05) is 0 Å². The van der Waals surface area contributed by atoms with Crippen LogP contribution in [0.2, 0.25) is 0 Å². The van der Waals surface area contributed by atoms with E-state index in [0.717, 1.165) is 0 Å². The standard InChI is InChI=1S/C11H22N2O4S2/c1-11(2,7-14)9(16)10(17)13-4-3-8(15)12-5-6-19-18/h9,14,16,18H,3-7H2,1-2H3,(H,12,15)(H,13,17)/t9-/m0/s1. The molecule has 112 valence electrons. The first-order valence-corrected chi connectivity index (χ1v) is 7.98. The fourth-order valence-electron chi connectivity index (χ4n) is 1.16. The molecule has 0 unspecified atom stereocenters. The van der Waals surface area contributed by atoms with E-state index in [4.69, 9.17) is 5.11 Å². The van der Waals surface area contributed by atoms with Gasteiger partial charge < -0.3 is 20.8 Å². The van der Waals surface area contributed by atoms with Crippen molar-refractivity contribution in [2.24, 2.45) is 5.41 Å². The lowest BCUT2D eigenvalue weighted by Gasteiger charge is -2.27. The smallest absolute Gasteiger partial charge is 0.249 e. The third-order valence-corrected chi connectivity index (χ3v) is 3.50. The molecule has 0 aromatic carbocycles. The van der Waals surface area contributed by atoms with Crippen LogP contribution >= 0.6 is 22.5 Å². The van der Waals surface area contributed by atoms with Crippen LogP contribution in [0.4, 0.5) is 0 Å². The van der Waals surface area contributed by atoms with Crippen molar-refractivity contribution in [1.29, 1.82) is 0 Å². The number of aliphatic hydroxyl groups excluding tert-OH is 2. The molecule has 0 aliphatic carbocycles. The van der Waals surface area contributed by atoms with E-state index in [2.05, 4.69) is 22.3 Å².